The number of nitrogens with zero attached hydrogens (tertiary/aromatic N) is 1. The van der Waals surface area contributed by atoms with Gasteiger partial charge in [-0.05, 0) is 42.5 Å². The van der Waals surface area contributed by atoms with Gasteiger partial charge in [0.2, 0.25) is 5.09 Å². The van der Waals surface area contributed by atoms with Crippen molar-refractivity contribution in [3.63, 3.8) is 0 Å². The SMILES string of the molecule is O=S(=O)(Nc1ccc(Cl)cc1NS(=O)(=O)c1cc2ccccc2o1)c1ccc2nc(Cl)sc2c1. The second-order valence-corrected chi connectivity index (χ2v) is 12.4. The minimum absolute atomic E-state index is 0.0217. The Bertz CT molecular complexity index is 1750. The Kier molecular flexibility index (Phi) is 5.69. The van der Waals surface area contributed by atoms with Gasteiger partial charge < -0.3 is 4.42 Å². The number of fused-ring (bicyclic) bond motifs is 2. The fourth-order valence-corrected chi connectivity index (χ4v) is 6.69. The van der Waals surface area contributed by atoms with Crippen LogP contribution < -0.4 is 9.44 Å². The van der Waals surface area contributed by atoms with Gasteiger partial charge in [-0.15, -0.1) is 11.3 Å². The van der Waals surface area contributed by atoms with Crippen LogP contribution >= 0.6 is 34.5 Å². The van der Waals surface area contributed by atoms with Gasteiger partial charge in [0.1, 0.15) is 5.58 Å². The van der Waals surface area contributed by atoms with Gasteiger partial charge in [-0.2, -0.15) is 8.42 Å². The summed E-state index contributed by atoms with van der Waals surface area (Å²) < 4.78 is 63.2. The average Bonchev–Trinajstić information content (AvgIpc) is 3.38. The molecule has 0 atom stereocenters. The number of nitrogens with one attached hydrogen (secondary N) is 2. The van der Waals surface area contributed by atoms with Crippen LogP contribution in [0.3, 0.4) is 0 Å². The van der Waals surface area contributed by atoms with E-state index >= 15 is 0 Å². The van der Waals surface area contributed by atoms with E-state index in [2.05, 4.69) is 14.4 Å². The molecule has 3 aromatic carbocycles. The minimum Gasteiger partial charge on any atom is -0.443 e. The van der Waals surface area contributed by atoms with Crippen molar-refractivity contribution in [2.75, 3.05) is 9.44 Å². The predicted molar refractivity (Wildman–Crippen MR) is 134 cm³/mol. The number of furan rings is 1. The van der Waals surface area contributed by atoms with Crippen molar-refractivity contribution in [2.24, 2.45) is 0 Å². The van der Waals surface area contributed by atoms with E-state index in [4.69, 9.17) is 27.6 Å². The molecule has 0 saturated carbocycles. The summed E-state index contributed by atoms with van der Waals surface area (Å²) in [5, 5.41) is 0.481. The van der Waals surface area contributed by atoms with Crippen LogP contribution in [0.4, 0.5) is 11.4 Å². The van der Waals surface area contributed by atoms with Crippen LogP contribution in [0.15, 0.2) is 81.1 Å². The van der Waals surface area contributed by atoms with Gasteiger partial charge in [-0.1, -0.05) is 41.4 Å². The third kappa shape index (κ3) is 4.44. The highest BCUT2D eigenvalue weighted by molar-refractivity contribution is 7.93. The lowest BCUT2D eigenvalue weighted by Gasteiger charge is -2.14. The molecule has 174 valence electrons. The van der Waals surface area contributed by atoms with Crippen LogP contribution in [-0.2, 0) is 20.0 Å². The maximum Gasteiger partial charge on any atom is 0.295 e. The molecule has 8 nitrogen and oxygen atoms in total. The molecule has 0 fully saturated rings. The summed E-state index contributed by atoms with van der Waals surface area (Å²) in [6, 6.07) is 16.7. The van der Waals surface area contributed by atoms with Crippen molar-refractivity contribution in [1.82, 2.24) is 4.98 Å². The molecule has 0 amide bonds. The molecule has 5 aromatic rings. The first-order valence-electron chi connectivity index (χ1n) is 9.51. The van der Waals surface area contributed by atoms with Crippen molar-refractivity contribution >= 4 is 87.1 Å². The van der Waals surface area contributed by atoms with Gasteiger partial charge in [0.05, 0.1) is 26.5 Å². The molecule has 0 radical (unpaired) electrons. The molecule has 13 heteroatoms. The van der Waals surface area contributed by atoms with Crippen molar-refractivity contribution in [1.29, 1.82) is 0 Å². The molecule has 0 unspecified atom stereocenters. The number of halogens is 2. The maximum atomic E-state index is 13.1. The Hall–Kier alpha value is -2.83. The zero-order valence-corrected chi connectivity index (χ0v) is 20.8. The highest BCUT2D eigenvalue weighted by Gasteiger charge is 2.23. The molecule has 2 aromatic heterocycles. The zero-order valence-electron chi connectivity index (χ0n) is 16.8. The fourth-order valence-electron chi connectivity index (χ4n) is 3.22. The van der Waals surface area contributed by atoms with Crippen LogP contribution in [0.25, 0.3) is 21.2 Å². The summed E-state index contributed by atoms with van der Waals surface area (Å²) in [5.74, 6) is 0. The highest BCUT2D eigenvalue weighted by atomic mass is 35.5. The Labute approximate surface area is 208 Å². The second kappa shape index (κ2) is 8.43. The summed E-state index contributed by atoms with van der Waals surface area (Å²) in [4.78, 5) is 4.06. The number of hydrogen-bond donors (Lipinski definition) is 2. The molecule has 34 heavy (non-hydrogen) atoms. The monoisotopic (exact) mass is 553 g/mol. The Morgan fingerprint density at radius 1 is 0.824 bits per heavy atom. The van der Waals surface area contributed by atoms with E-state index in [0.29, 0.717) is 21.2 Å². The number of anilines is 2. The van der Waals surface area contributed by atoms with Crippen LogP contribution in [0.2, 0.25) is 9.49 Å². The standard InChI is InChI=1S/C21H13Cl2N3O5S3/c22-13-5-7-15(25-33(27,28)14-6-8-16-19(11-14)32-21(23)24-16)17(10-13)26-34(29,30)20-9-12-3-1-2-4-18(12)31-20/h1-11,25-26H. The summed E-state index contributed by atoms with van der Waals surface area (Å²) in [5.41, 5.74) is 0.873. The number of aromatic nitrogens is 1. The van der Waals surface area contributed by atoms with Crippen LogP contribution in [0.1, 0.15) is 0 Å². The highest BCUT2D eigenvalue weighted by Crippen LogP contribution is 2.33. The number of para-hydroxylation sites is 1. The number of rotatable bonds is 6. The van der Waals surface area contributed by atoms with Gasteiger partial charge >= 0.3 is 0 Å². The quantitative estimate of drug-likeness (QED) is 0.268. The Morgan fingerprint density at radius 2 is 1.59 bits per heavy atom. The van der Waals surface area contributed by atoms with E-state index < -0.39 is 20.0 Å². The fraction of sp³-hybridized carbons (Fsp3) is 0. The average molecular weight is 554 g/mol. The lowest BCUT2D eigenvalue weighted by molar-refractivity contribution is 0.484. The second-order valence-electron chi connectivity index (χ2n) is 7.10. The van der Waals surface area contributed by atoms with Gasteiger partial charge in [0, 0.05) is 16.5 Å². The molecule has 0 bridgehead atoms. The van der Waals surface area contributed by atoms with Gasteiger partial charge in [0.25, 0.3) is 20.0 Å². The molecule has 0 aliphatic carbocycles. The summed E-state index contributed by atoms with van der Waals surface area (Å²) in [7, 11) is -8.28. The molecular weight excluding hydrogens is 541 g/mol. The van der Waals surface area contributed by atoms with E-state index in [1.165, 1.54) is 36.4 Å². The molecule has 0 aliphatic heterocycles. The van der Waals surface area contributed by atoms with Crippen molar-refractivity contribution in [3.05, 3.63) is 76.2 Å². The van der Waals surface area contributed by atoms with E-state index in [1.54, 1.807) is 30.3 Å². The van der Waals surface area contributed by atoms with Crippen molar-refractivity contribution in [2.45, 2.75) is 9.99 Å². The summed E-state index contributed by atoms with van der Waals surface area (Å²) >= 11 is 13.1. The number of thiazole rings is 1. The van der Waals surface area contributed by atoms with E-state index in [1.807, 2.05) is 0 Å². The van der Waals surface area contributed by atoms with E-state index in [-0.39, 0.29) is 30.9 Å². The summed E-state index contributed by atoms with van der Waals surface area (Å²) in [6.45, 7) is 0. The minimum atomic E-state index is -4.19. The number of hydrogen-bond acceptors (Lipinski definition) is 7. The predicted octanol–water partition coefficient (Wildman–Crippen LogP) is 5.95. The lowest BCUT2D eigenvalue weighted by Crippen LogP contribution is -2.17. The molecule has 5 rings (SSSR count). The lowest BCUT2D eigenvalue weighted by atomic mass is 10.3. The van der Waals surface area contributed by atoms with E-state index in [9.17, 15) is 16.8 Å². The molecule has 2 heterocycles. The number of benzene rings is 3. The van der Waals surface area contributed by atoms with Crippen LogP contribution in [0.5, 0.6) is 0 Å². The summed E-state index contributed by atoms with van der Waals surface area (Å²) in [6.07, 6.45) is 0. The van der Waals surface area contributed by atoms with E-state index in [0.717, 1.165) is 11.3 Å². The first-order chi connectivity index (χ1) is 16.1. The zero-order chi connectivity index (χ0) is 24.1. The molecule has 2 N–H and O–H groups in total. The first kappa shape index (κ1) is 22.9. The molecular formula is C21H13Cl2N3O5S3. The normalized spacial score (nSPS) is 12.3. The topological polar surface area (TPSA) is 118 Å². The maximum absolute atomic E-state index is 13.1. The van der Waals surface area contributed by atoms with Crippen LogP contribution in [-0.4, -0.2) is 21.8 Å². The molecule has 0 spiro atoms. The molecule has 0 aliphatic rings. The number of sulfonamides is 2. The third-order valence-corrected chi connectivity index (χ3v) is 8.72. The van der Waals surface area contributed by atoms with Gasteiger partial charge in [-0.3, -0.25) is 9.44 Å². The first-order valence-corrected chi connectivity index (χ1v) is 14.0. The van der Waals surface area contributed by atoms with Crippen LogP contribution in [0, 0.1) is 0 Å². The molecule has 0 saturated heterocycles. The smallest absolute Gasteiger partial charge is 0.295 e. The largest absolute Gasteiger partial charge is 0.443 e. The third-order valence-electron chi connectivity index (χ3n) is 4.78. The Morgan fingerprint density at radius 3 is 2.38 bits per heavy atom. The Balaban J connectivity index is 1.49. The van der Waals surface area contributed by atoms with Crippen molar-refractivity contribution in [3.8, 4) is 0 Å². The van der Waals surface area contributed by atoms with Gasteiger partial charge in [-0.25, -0.2) is 13.4 Å². The van der Waals surface area contributed by atoms with Crippen molar-refractivity contribution < 1.29 is 21.3 Å². The van der Waals surface area contributed by atoms with Gasteiger partial charge in [0.15, 0.2) is 4.47 Å².